The van der Waals surface area contributed by atoms with E-state index >= 15 is 0 Å². The van der Waals surface area contributed by atoms with E-state index in [0.29, 0.717) is 24.6 Å². The second-order valence-electron chi connectivity index (χ2n) is 6.46. The Morgan fingerprint density at radius 3 is 2.65 bits per heavy atom. The predicted molar refractivity (Wildman–Crippen MR) is 99.3 cm³/mol. The first-order valence-corrected chi connectivity index (χ1v) is 8.82. The number of hydrogen-bond acceptors (Lipinski definition) is 5. The molecule has 2 aromatic rings. The van der Waals surface area contributed by atoms with Gasteiger partial charge in [0.05, 0.1) is 7.11 Å². The maximum Gasteiger partial charge on any atom is 0.260 e. The summed E-state index contributed by atoms with van der Waals surface area (Å²) in [5, 5.41) is 0. The van der Waals surface area contributed by atoms with Crippen molar-refractivity contribution in [1.29, 1.82) is 0 Å². The highest BCUT2D eigenvalue weighted by Crippen LogP contribution is 2.27. The van der Waals surface area contributed by atoms with Crippen LogP contribution in [-0.2, 0) is 11.3 Å². The largest absolute Gasteiger partial charge is 0.493 e. The molecule has 1 fully saturated rings. The standard InChI is InChI=1S/C20H25N3O3/c1-16-5-6-18(19(12-16)25-2)26-15-20(24)23-10-8-22(9-11-23)14-17-4-3-7-21-13-17/h3-7,12-13H,8-11,14-15H2,1-2H3. The van der Waals surface area contributed by atoms with Crippen LogP contribution in [0.1, 0.15) is 11.1 Å². The molecule has 1 aromatic heterocycles. The summed E-state index contributed by atoms with van der Waals surface area (Å²) in [5.74, 6) is 1.26. The van der Waals surface area contributed by atoms with Crippen molar-refractivity contribution in [3.05, 3.63) is 53.9 Å². The fourth-order valence-electron chi connectivity index (χ4n) is 3.03. The van der Waals surface area contributed by atoms with E-state index in [2.05, 4.69) is 16.0 Å². The van der Waals surface area contributed by atoms with Crippen molar-refractivity contribution in [1.82, 2.24) is 14.8 Å². The lowest BCUT2D eigenvalue weighted by atomic mass is 10.2. The molecule has 0 saturated carbocycles. The number of nitrogens with zero attached hydrogens (tertiary/aromatic N) is 3. The van der Waals surface area contributed by atoms with Gasteiger partial charge in [-0.3, -0.25) is 14.7 Å². The Hall–Kier alpha value is -2.60. The van der Waals surface area contributed by atoms with Crippen molar-refractivity contribution < 1.29 is 14.3 Å². The van der Waals surface area contributed by atoms with Crippen LogP contribution in [0.25, 0.3) is 0 Å². The monoisotopic (exact) mass is 355 g/mol. The number of carbonyl (C=O) groups excluding carboxylic acids is 1. The minimum absolute atomic E-state index is 0.00801. The number of rotatable bonds is 6. The molecule has 1 saturated heterocycles. The molecule has 0 bridgehead atoms. The highest BCUT2D eigenvalue weighted by atomic mass is 16.5. The quantitative estimate of drug-likeness (QED) is 0.794. The van der Waals surface area contributed by atoms with E-state index in [1.54, 1.807) is 13.3 Å². The number of benzene rings is 1. The van der Waals surface area contributed by atoms with Crippen molar-refractivity contribution >= 4 is 5.91 Å². The Labute approximate surface area is 154 Å². The van der Waals surface area contributed by atoms with E-state index in [0.717, 1.165) is 25.2 Å². The van der Waals surface area contributed by atoms with Crippen molar-refractivity contribution in [3.63, 3.8) is 0 Å². The molecule has 6 nitrogen and oxygen atoms in total. The van der Waals surface area contributed by atoms with Crippen LogP contribution in [0.15, 0.2) is 42.7 Å². The zero-order chi connectivity index (χ0) is 18.4. The molecule has 1 amide bonds. The Morgan fingerprint density at radius 2 is 1.96 bits per heavy atom. The third-order valence-corrected chi connectivity index (χ3v) is 4.52. The summed E-state index contributed by atoms with van der Waals surface area (Å²) in [5.41, 5.74) is 2.28. The topological polar surface area (TPSA) is 54.9 Å². The Bertz CT molecular complexity index is 728. The van der Waals surface area contributed by atoms with Gasteiger partial charge in [-0.1, -0.05) is 12.1 Å². The molecular formula is C20H25N3O3. The molecule has 0 spiro atoms. The van der Waals surface area contributed by atoms with Gasteiger partial charge < -0.3 is 14.4 Å². The van der Waals surface area contributed by atoms with E-state index < -0.39 is 0 Å². The van der Waals surface area contributed by atoms with E-state index in [1.807, 2.05) is 42.3 Å². The summed E-state index contributed by atoms with van der Waals surface area (Å²) in [6.07, 6.45) is 3.67. The normalized spacial score (nSPS) is 14.9. The number of amides is 1. The molecule has 0 atom stereocenters. The van der Waals surface area contributed by atoms with Gasteiger partial charge in [0.2, 0.25) is 0 Å². The zero-order valence-electron chi connectivity index (χ0n) is 15.4. The van der Waals surface area contributed by atoms with Gasteiger partial charge in [-0.05, 0) is 36.2 Å². The minimum Gasteiger partial charge on any atom is -0.493 e. The number of aryl methyl sites for hydroxylation is 1. The number of carbonyl (C=O) groups is 1. The van der Waals surface area contributed by atoms with E-state index in [4.69, 9.17) is 9.47 Å². The summed E-state index contributed by atoms with van der Waals surface area (Å²) < 4.78 is 11.0. The lowest BCUT2D eigenvalue weighted by Crippen LogP contribution is -2.49. The Kier molecular flexibility index (Phi) is 6.07. The second kappa shape index (κ2) is 8.67. The summed E-state index contributed by atoms with van der Waals surface area (Å²) >= 11 is 0. The first kappa shape index (κ1) is 18.2. The summed E-state index contributed by atoms with van der Waals surface area (Å²) in [6, 6.07) is 9.71. The van der Waals surface area contributed by atoms with E-state index in [-0.39, 0.29) is 12.5 Å². The molecule has 26 heavy (non-hydrogen) atoms. The predicted octanol–water partition coefficient (Wildman–Crippen LogP) is 2.12. The van der Waals surface area contributed by atoms with Crippen molar-refractivity contribution in [2.24, 2.45) is 0 Å². The molecule has 3 rings (SSSR count). The summed E-state index contributed by atoms with van der Waals surface area (Å²) in [7, 11) is 1.60. The average molecular weight is 355 g/mol. The van der Waals surface area contributed by atoms with Crippen LogP contribution in [0.5, 0.6) is 11.5 Å². The molecule has 0 N–H and O–H groups in total. The highest BCUT2D eigenvalue weighted by Gasteiger charge is 2.21. The Balaban J connectivity index is 1.47. The van der Waals surface area contributed by atoms with Gasteiger partial charge in [-0.25, -0.2) is 0 Å². The molecule has 1 aliphatic rings. The van der Waals surface area contributed by atoms with Gasteiger partial charge in [-0.2, -0.15) is 0 Å². The smallest absolute Gasteiger partial charge is 0.260 e. The van der Waals surface area contributed by atoms with Gasteiger partial charge >= 0.3 is 0 Å². The fourth-order valence-corrected chi connectivity index (χ4v) is 3.03. The SMILES string of the molecule is COc1cc(C)ccc1OCC(=O)N1CCN(Cc2cccnc2)CC1. The molecule has 2 heterocycles. The molecule has 0 unspecified atom stereocenters. The molecule has 0 radical (unpaired) electrons. The summed E-state index contributed by atoms with van der Waals surface area (Å²) in [6.45, 7) is 6.03. The number of hydrogen-bond donors (Lipinski definition) is 0. The van der Waals surface area contributed by atoms with E-state index in [1.165, 1.54) is 5.56 Å². The molecule has 0 aliphatic carbocycles. The minimum atomic E-state index is 0.00801. The number of methoxy groups -OCH3 is 1. The van der Waals surface area contributed by atoms with Crippen LogP contribution in [0.2, 0.25) is 0 Å². The van der Waals surface area contributed by atoms with Crippen LogP contribution in [0.3, 0.4) is 0 Å². The van der Waals surface area contributed by atoms with Gasteiger partial charge in [0.15, 0.2) is 18.1 Å². The average Bonchev–Trinajstić information content (AvgIpc) is 2.68. The first-order chi connectivity index (χ1) is 12.7. The second-order valence-corrected chi connectivity index (χ2v) is 6.46. The zero-order valence-corrected chi connectivity index (χ0v) is 15.4. The lowest BCUT2D eigenvalue weighted by molar-refractivity contribution is -0.135. The maximum atomic E-state index is 12.4. The van der Waals surface area contributed by atoms with Crippen molar-refractivity contribution in [2.45, 2.75) is 13.5 Å². The number of ether oxygens (including phenoxy) is 2. The number of aromatic nitrogens is 1. The third-order valence-electron chi connectivity index (χ3n) is 4.52. The van der Waals surface area contributed by atoms with E-state index in [9.17, 15) is 4.79 Å². The van der Waals surface area contributed by atoms with Gasteiger partial charge in [0.25, 0.3) is 5.91 Å². The van der Waals surface area contributed by atoms with Crippen LogP contribution in [0, 0.1) is 6.92 Å². The van der Waals surface area contributed by atoms with Crippen LogP contribution >= 0.6 is 0 Å². The molecule has 138 valence electrons. The van der Waals surface area contributed by atoms with Crippen LogP contribution in [0.4, 0.5) is 0 Å². The molecule has 1 aromatic carbocycles. The summed E-state index contributed by atoms with van der Waals surface area (Å²) in [4.78, 5) is 20.8. The highest BCUT2D eigenvalue weighted by molar-refractivity contribution is 5.78. The van der Waals surface area contributed by atoms with Crippen molar-refractivity contribution in [2.75, 3.05) is 39.9 Å². The molecular weight excluding hydrogens is 330 g/mol. The first-order valence-electron chi connectivity index (χ1n) is 8.82. The fraction of sp³-hybridized carbons (Fsp3) is 0.400. The lowest BCUT2D eigenvalue weighted by Gasteiger charge is -2.34. The van der Waals surface area contributed by atoms with Crippen LogP contribution < -0.4 is 9.47 Å². The Morgan fingerprint density at radius 1 is 1.15 bits per heavy atom. The van der Waals surface area contributed by atoms with Gasteiger partial charge in [0.1, 0.15) is 0 Å². The third kappa shape index (κ3) is 4.73. The number of piperazine rings is 1. The molecule has 6 heteroatoms. The maximum absolute atomic E-state index is 12.4. The number of pyridine rings is 1. The van der Waals surface area contributed by atoms with Crippen LogP contribution in [-0.4, -0.2) is 60.6 Å². The van der Waals surface area contributed by atoms with Crippen molar-refractivity contribution in [3.8, 4) is 11.5 Å². The van der Waals surface area contributed by atoms with Gasteiger partial charge in [-0.15, -0.1) is 0 Å². The molecule has 1 aliphatic heterocycles. The van der Waals surface area contributed by atoms with Gasteiger partial charge in [0, 0.05) is 45.1 Å².